The highest BCUT2D eigenvalue weighted by atomic mass is 16.6. The van der Waals surface area contributed by atoms with Gasteiger partial charge in [-0.1, -0.05) is 0 Å². The number of aromatic nitrogens is 1. The van der Waals surface area contributed by atoms with Crippen LogP contribution in [0.15, 0.2) is 30.5 Å². The van der Waals surface area contributed by atoms with E-state index in [1.807, 2.05) is 13.0 Å². The maximum absolute atomic E-state index is 10.8. The van der Waals surface area contributed by atoms with Crippen molar-refractivity contribution in [3.05, 3.63) is 51.7 Å². The van der Waals surface area contributed by atoms with E-state index >= 15 is 0 Å². The number of nitrogens with zero attached hydrogens (tertiary/aromatic N) is 3. The first kappa shape index (κ1) is 15.3. The summed E-state index contributed by atoms with van der Waals surface area (Å²) in [5.74, 6) is 0.646. The number of rotatable bonds is 4. The smallest absolute Gasteiger partial charge is 0.287 e. The van der Waals surface area contributed by atoms with Gasteiger partial charge in [0.2, 0.25) is 0 Å². The van der Waals surface area contributed by atoms with Crippen LogP contribution in [0.1, 0.15) is 24.0 Å². The molecular formula is C17H20N4O2. The van der Waals surface area contributed by atoms with E-state index in [-0.39, 0.29) is 5.69 Å². The molecule has 0 aliphatic carbocycles. The van der Waals surface area contributed by atoms with Crippen LogP contribution in [0.5, 0.6) is 0 Å². The van der Waals surface area contributed by atoms with Gasteiger partial charge in [-0.3, -0.25) is 10.1 Å². The van der Waals surface area contributed by atoms with Crippen LogP contribution in [-0.2, 0) is 0 Å². The van der Waals surface area contributed by atoms with Gasteiger partial charge in [0.05, 0.1) is 4.92 Å². The molecule has 23 heavy (non-hydrogen) atoms. The van der Waals surface area contributed by atoms with Crippen LogP contribution in [0.3, 0.4) is 0 Å². The molecule has 6 nitrogen and oxygen atoms in total. The predicted molar refractivity (Wildman–Crippen MR) is 91.5 cm³/mol. The third-order valence-corrected chi connectivity index (χ3v) is 4.21. The second-order valence-corrected chi connectivity index (χ2v) is 5.93. The van der Waals surface area contributed by atoms with Crippen LogP contribution in [0, 0.1) is 24.0 Å². The van der Waals surface area contributed by atoms with Gasteiger partial charge in [-0.05, 0) is 56.0 Å². The second-order valence-electron chi connectivity index (χ2n) is 5.93. The zero-order valence-electron chi connectivity index (χ0n) is 13.4. The lowest BCUT2D eigenvalue weighted by Crippen LogP contribution is -2.17. The van der Waals surface area contributed by atoms with Crippen molar-refractivity contribution in [3.63, 3.8) is 0 Å². The van der Waals surface area contributed by atoms with Gasteiger partial charge in [0.1, 0.15) is 12.0 Å². The first-order chi connectivity index (χ1) is 11.0. The third kappa shape index (κ3) is 3.26. The average molecular weight is 312 g/mol. The summed E-state index contributed by atoms with van der Waals surface area (Å²) in [6.45, 7) is 6.11. The molecule has 1 fully saturated rings. The molecule has 1 saturated heterocycles. The molecule has 3 rings (SSSR count). The van der Waals surface area contributed by atoms with Crippen LogP contribution in [0.4, 0.5) is 22.9 Å². The molecule has 0 amide bonds. The van der Waals surface area contributed by atoms with E-state index < -0.39 is 4.92 Å². The highest BCUT2D eigenvalue weighted by Crippen LogP contribution is 2.28. The minimum absolute atomic E-state index is 0.00848. The molecule has 0 radical (unpaired) electrons. The first-order valence-electron chi connectivity index (χ1n) is 7.78. The van der Waals surface area contributed by atoms with Crippen molar-refractivity contribution >= 4 is 22.9 Å². The Morgan fingerprint density at radius 1 is 1.17 bits per heavy atom. The highest BCUT2D eigenvalue weighted by Gasteiger charge is 2.14. The Bertz CT molecular complexity index is 739. The summed E-state index contributed by atoms with van der Waals surface area (Å²) >= 11 is 0. The van der Waals surface area contributed by atoms with Crippen molar-refractivity contribution < 1.29 is 4.92 Å². The Morgan fingerprint density at radius 3 is 2.52 bits per heavy atom. The fourth-order valence-electron chi connectivity index (χ4n) is 2.88. The number of hydrogen-bond donors (Lipinski definition) is 1. The lowest BCUT2D eigenvalue weighted by Gasteiger charge is -2.19. The maximum atomic E-state index is 10.8. The molecule has 2 heterocycles. The van der Waals surface area contributed by atoms with Crippen molar-refractivity contribution in [2.24, 2.45) is 0 Å². The van der Waals surface area contributed by atoms with Gasteiger partial charge in [0.15, 0.2) is 0 Å². The van der Waals surface area contributed by atoms with E-state index in [1.165, 1.54) is 30.8 Å². The van der Waals surface area contributed by atoms with Crippen LogP contribution in [0.2, 0.25) is 0 Å². The number of pyridine rings is 1. The van der Waals surface area contributed by atoms with E-state index in [0.717, 1.165) is 29.9 Å². The van der Waals surface area contributed by atoms with Crippen molar-refractivity contribution in [1.82, 2.24) is 4.98 Å². The standard InChI is InChI=1S/C17H20N4O2/c1-12-9-14(20-7-3-4-8-20)5-6-16(12)19-17-13(2)10-15(11-18-17)21(22)23/h5-6,9-11H,3-4,7-8H2,1-2H3,(H,18,19). The third-order valence-electron chi connectivity index (χ3n) is 4.21. The summed E-state index contributed by atoms with van der Waals surface area (Å²) in [6.07, 6.45) is 3.79. The summed E-state index contributed by atoms with van der Waals surface area (Å²) < 4.78 is 0. The number of anilines is 3. The first-order valence-corrected chi connectivity index (χ1v) is 7.78. The number of benzene rings is 1. The number of hydrogen-bond acceptors (Lipinski definition) is 5. The van der Waals surface area contributed by atoms with Crippen LogP contribution in [-0.4, -0.2) is 23.0 Å². The number of nitro groups is 1. The lowest BCUT2D eigenvalue weighted by molar-refractivity contribution is -0.385. The van der Waals surface area contributed by atoms with E-state index in [4.69, 9.17) is 0 Å². The molecule has 1 aromatic heterocycles. The molecule has 6 heteroatoms. The van der Waals surface area contributed by atoms with Crippen molar-refractivity contribution in [2.75, 3.05) is 23.3 Å². The Labute approximate surface area is 135 Å². The maximum Gasteiger partial charge on any atom is 0.287 e. The van der Waals surface area contributed by atoms with Gasteiger partial charge in [0.25, 0.3) is 5.69 Å². The summed E-state index contributed by atoms with van der Waals surface area (Å²) in [7, 11) is 0. The van der Waals surface area contributed by atoms with Crippen LogP contribution >= 0.6 is 0 Å². The Hall–Kier alpha value is -2.63. The highest BCUT2D eigenvalue weighted by molar-refractivity contribution is 5.67. The fourth-order valence-corrected chi connectivity index (χ4v) is 2.88. The number of nitrogens with one attached hydrogen (secondary N) is 1. The van der Waals surface area contributed by atoms with Crippen LogP contribution < -0.4 is 10.2 Å². The molecule has 0 spiro atoms. The van der Waals surface area contributed by atoms with E-state index in [1.54, 1.807) is 0 Å². The van der Waals surface area contributed by atoms with E-state index in [2.05, 4.69) is 34.3 Å². The largest absolute Gasteiger partial charge is 0.372 e. The van der Waals surface area contributed by atoms with E-state index in [9.17, 15) is 10.1 Å². The minimum Gasteiger partial charge on any atom is -0.372 e. The van der Waals surface area contributed by atoms with Crippen molar-refractivity contribution in [2.45, 2.75) is 26.7 Å². The molecule has 1 N–H and O–H groups in total. The topological polar surface area (TPSA) is 71.3 Å². The molecular weight excluding hydrogens is 292 g/mol. The molecule has 1 aromatic carbocycles. The second kappa shape index (κ2) is 6.24. The summed E-state index contributed by atoms with van der Waals surface area (Å²) in [5, 5.41) is 14.1. The Morgan fingerprint density at radius 2 is 1.91 bits per heavy atom. The Kier molecular flexibility index (Phi) is 4.14. The van der Waals surface area contributed by atoms with Crippen LogP contribution in [0.25, 0.3) is 0 Å². The summed E-state index contributed by atoms with van der Waals surface area (Å²) in [6, 6.07) is 7.87. The average Bonchev–Trinajstić information content (AvgIpc) is 3.05. The molecule has 0 atom stereocenters. The SMILES string of the molecule is Cc1cc(N2CCCC2)ccc1Nc1ncc([N+](=O)[O-])cc1C. The molecule has 1 aliphatic rings. The zero-order chi connectivity index (χ0) is 16.4. The molecule has 1 aliphatic heterocycles. The summed E-state index contributed by atoms with van der Waals surface area (Å²) in [4.78, 5) is 16.9. The van der Waals surface area contributed by atoms with Gasteiger partial charge >= 0.3 is 0 Å². The van der Waals surface area contributed by atoms with Gasteiger partial charge in [0, 0.05) is 30.5 Å². The zero-order valence-corrected chi connectivity index (χ0v) is 13.4. The molecule has 120 valence electrons. The molecule has 0 bridgehead atoms. The lowest BCUT2D eigenvalue weighted by atomic mass is 10.1. The van der Waals surface area contributed by atoms with Gasteiger partial charge in [-0.15, -0.1) is 0 Å². The summed E-state index contributed by atoms with van der Waals surface area (Å²) in [5.41, 5.74) is 4.11. The number of aryl methyl sites for hydroxylation is 2. The van der Waals surface area contributed by atoms with Crippen molar-refractivity contribution in [3.8, 4) is 0 Å². The molecule has 0 saturated carbocycles. The molecule has 2 aromatic rings. The van der Waals surface area contributed by atoms with Gasteiger partial charge < -0.3 is 10.2 Å². The monoisotopic (exact) mass is 312 g/mol. The quantitative estimate of drug-likeness (QED) is 0.683. The van der Waals surface area contributed by atoms with Gasteiger partial charge in [-0.25, -0.2) is 4.98 Å². The van der Waals surface area contributed by atoms with Crippen molar-refractivity contribution in [1.29, 1.82) is 0 Å². The Balaban J connectivity index is 1.81. The predicted octanol–water partition coefficient (Wildman–Crippen LogP) is 3.95. The van der Waals surface area contributed by atoms with E-state index in [0.29, 0.717) is 5.82 Å². The normalized spacial score (nSPS) is 14.1. The van der Waals surface area contributed by atoms with Gasteiger partial charge in [-0.2, -0.15) is 0 Å². The minimum atomic E-state index is -0.431. The fraction of sp³-hybridized carbons (Fsp3) is 0.353. The molecule has 0 unspecified atom stereocenters.